The highest BCUT2D eigenvalue weighted by atomic mass is 28.4. The monoisotopic (exact) mass is 280 g/mol. The third kappa shape index (κ3) is 3.56. The van der Waals surface area contributed by atoms with E-state index in [-0.39, 0.29) is 0 Å². The number of benzene rings is 1. The van der Waals surface area contributed by atoms with Crippen molar-refractivity contribution in [1.82, 2.24) is 0 Å². The van der Waals surface area contributed by atoms with E-state index in [0.717, 1.165) is 0 Å². The molecule has 1 rings (SSSR count). The average Bonchev–Trinajstić information content (AvgIpc) is 2.28. The SMILES string of the molecule is CC(O[Si](C)(c1ccccc1)C(C)C)[Si](C)(C)C. The molecule has 0 aliphatic carbocycles. The zero-order valence-electron chi connectivity index (χ0n) is 12.9. The summed E-state index contributed by atoms with van der Waals surface area (Å²) < 4.78 is 6.65. The third-order valence-corrected chi connectivity index (χ3v) is 11.4. The molecule has 0 aromatic heterocycles. The van der Waals surface area contributed by atoms with E-state index in [9.17, 15) is 0 Å². The van der Waals surface area contributed by atoms with Gasteiger partial charge in [-0.15, -0.1) is 0 Å². The molecule has 1 aromatic rings. The summed E-state index contributed by atoms with van der Waals surface area (Å²) in [6.45, 7) is 16.4. The Labute approximate surface area is 115 Å². The first-order valence-electron chi connectivity index (χ1n) is 6.91. The van der Waals surface area contributed by atoms with Crippen molar-refractivity contribution in [2.45, 2.75) is 58.2 Å². The molecule has 3 heteroatoms. The van der Waals surface area contributed by atoms with Gasteiger partial charge in [0.1, 0.15) is 0 Å². The lowest BCUT2D eigenvalue weighted by Crippen LogP contribution is -2.56. The van der Waals surface area contributed by atoms with E-state index in [1.165, 1.54) is 5.19 Å². The normalized spacial score (nSPS) is 17.6. The molecule has 102 valence electrons. The maximum atomic E-state index is 6.65. The molecule has 0 heterocycles. The van der Waals surface area contributed by atoms with Crippen LogP contribution in [0.15, 0.2) is 30.3 Å². The fourth-order valence-electron chi connectivity index (χ4n) is 1.85. The molecule has 0 bridgehead atoms. The molecule has 18 heavy (non-hydrogen) atoms. The molecule has 2 unspecified atom stereocenters. The van der Waals surface area contributed by atoms with Crippen molar-refractivity contribution in [3.05, 3.63) is 30.3 Å². The molecule has 0 aliphatic heterocycles. The second-order valence-corrected chi connectivity index (χ2v) is 16.5. The van der Waals surface area contributed by atoms with Crippen molar-refractivity contribution in [2.24, 2.45) is 0 Å². The summed E-state index contributed by atoms with van der Waals surface area (Å²) in [6.07, 6.45) is 0. The first-order valence-corrected chi connectivity index (χ1v) is 13.0. The van der Waals surface area contributed by atoms with Gasteiger partial charge in [0.05, 0.1) is 8.07 Å². The lowest BCUT2D eigenvalue weighted by molar-refractivity contribution is 0.277. The van der Waals surface area contributed by atoms with Crippen molar-refractivity contribution in [3.8, 4) is 0 Å². The van der Waals surface area contributed by atoms with E-state index < -0.39 is 16.4 Å². The molecule has 0 aliphatic rings. The van der Waals surface area contributed by atoms with Gasteiger partial charge in [0, 0.05) is 5.73 Å². The van der Waals surface area contributed by atoms with E-state index in [1.807, 2.05) is 0 Å². The second kappa shape index (κ2) is 5.72. The van der Waals surface area contributed by atoms with Gasteiger partial charge in [0.25, 0.3) is 0 Å². The molecule has 1 nitrogen and oxygen atoms in total. The van der Waals surface area contributed by atoms with E-state index >= 15 is 0 Å². The van der Waals surface area contributed by atoms with Crippen LogP contribution in [0.3, 0.4) is 0 Å². The van der Waals surface area contributed by atoms with Gasteiger partial charge in [0.15, 0.2) is 0 Å². The molecule has 1 aromatic carbocycles. The Bertz CT molecular complexity index is 370. The van der Waals surface area contributed by atoms with Crippen LogP contribution in [0.2, 0.25) is 31.7 Å². The van der Waals surface area contributed by atoms with Crippen molar-refractivity contribution < 1.29 is 4.43 Å². The summed E-state index contributed by atoms with van der Waals surface area (Å²) in [5.41, 5.74) is 1.01. The maximum Gasteiger partial charge on any atom is 0.223 e. The highest BCUT2D eigenvalue weighted by Crippen LogP contribution is 2.26. The quantitative estimate of drug-likeness (QED) is 0.736. The third-order valence-electron chi connectivity index (χ3n) is 4.09. The Morgan fingerprint density at radius 3 is 1.78 bits per heavy atom. The lowest BCUT2D eigenvalue weighted by Gasteiger charge is -2.38. The predicted octanol–water partition coefficient (Wildman–Crippen LogP) is 4.16. The smallest absolute Gasteiger partial charge is 0.223 e. The van der Waals surface area contributed by atoms with E-state index in [0.29, 0.717) is 11.3 Å². The van der Waals surface area contributed by atoms with Crippen LogP contribution < -0.4 is 5.19 Å². The van der Waals surface area contributed by atoms with Crippen LogP contribution in [0, 0.1) is 0 Å². The standard InChI is InChI=1S/C15H28OSi2/c1-13(2)18(7,15-11-9-8-10-12-15)16-14(3)17(4,5)6/h8-14H,1-7H3. The van der Waals surface area contributed by atoms with Gasteiger partial charge in [-0.1, -0.05) is 63.8 Å². The summed E-state index contributed by atoms with van der Waals surface area (Å²) in [7, 11) is -3.08. The fourth-order valence-corrected chi connectivity index (χ4v) is 6.66. The van der Waals surface area contributed by atoms with Crippen LogP contribution in [-0.2, 0) is 4.43 Å². The number of rotatable bonds is 5. The van der Waals surface area contributed by atoms with Crippen LogP contribution in [-0.4, -0.2) is 22.1 Å². The van der Waals surface area contributed by atoms with E-state index in [1.54, 1.807) is 0 Å². The van der Waals surface area contributed by atoms with Gasteiger partial charge in [-0.2, -0.15) is 0 Å². The largest absolute Gasteiger partial charge is 0.413 e. The van der Waals surface area contributed by atoms with Crippen molar-refractivity contribution in [1.29, 1.82) is 0 Å². The van der Waals surface area contributed by atoms with Crippen molar-refractivity contribution >= 4 is 21.6 Å². The first-order chi connectivity index (χ1) is 8.18. The summed E-state index contributed by atoms with van der Waals surface area (Å²) in [4.78, 5) is 0. The first kappa shape index (κ1) is 15.7. The van der Waals surface area contributed by atoms with Gasteiger partial charge in [-0.05, 0) is 24.2 Å². The van der Waals surface area contributed by atoms with Crippen LogP contribution in [0.1, 0.15) is 20.8 Å². The Balaban J connectivity index is 3.03. The van der Waals surface area contributed by atoms with Gasteiger partial charge < -0.3 is 4.43 Å². The Morgan fingerprint density at radius 1 is 0.889 bits per heavy atom. The van der Waals surface area contributed by atoms with Crippen LogP contribution >= 0.6 is 0 Å². The molecule has 0 spiro atoms. The van der Waals surface area contributed by atoms with Gasteiger partial charge >= 0.3 is 0 Å². The lowest BCUT2D eigenvalue weighted by atomic mass is 10.4. The summed E-state index contributed by atoms with van der Waals surface area (Å²) in [5.74, 6) is 0. The predicted molar refractivity (Wildman–Crippen MR) is 86.7 cm³/mol. The minimum atomic E-state index is -1.84. The number of hydrogen-bond donors (Lipinski definition) is 0. The van der Waals surface area contributed by atoms with Crippen LogP contribution in [0.4, 0.5) is 0 Å². The molecule has 0 N–H and O–H groups in total. The van der Waals surface area contributed by atoms with Crippen LogP contribution in [0.5, 0.6) is 0 Å². The second-order valence-electron chi connectivity index (χ2n) is 6.75. The molecular weight excluding hydrogens is 252 g/mol. The van der Waals surface area contributed by atoms with Crippen molar-refractivity contribution in [2.75, 3.05) is 0 Å². The Morgan fingerprint density at radius 2 is 1.39 bits per heavy atom. The molecular formula is C15H28OSi2. The van der Waals surface area contributed by atoms with Gasteiger partial charge in [-0.3, -0.25) is 0 Å². The Hall–Kier alpha value is -0.386. The number of hydrogen-bond acceptors (Lipinski definition) is 1. The van der Waals surface area contributed by atoms with E-state index in [4.69, 9.17) is 4.43 Å². The van der Waals surface area contributed by atoms with Gasteiger partial charge in [-0.25, -0.2) is 0 Å². The van der Waals surface area contributed by atoms with Gasteiger partial charge in [0.2, 0.25) is 8.32 Å². The molecule has 0 amide bonds. The Kier molecular flexibility index (Phi) is 4.98. The highest BCUT2D eigenvalue weighted by Gasteiger charge is 2.39. The summed E-state index contributed by atoms with van der Waals surface area (Å²) >= 11 is 0. The van der Waals surface area contributed by atoms with Crippen molar-refractivity contribution in [3.63, 3.8) is 0 Å². The average molecular weight is 281 g/mol. The molecule has 0 fully saturated rings. The summed E-state index contributed by atoms with van der Waals surface area (Å²) in [5, 5.41) is 1.42. The summed E-state index contributed by atoms with van der Waals surface area (Å²) in [6, 6.07) is 10.8. The zero-order valence-corrected chi connectivity index (χ0v) is 14.9. The molecule has 2 atom stereocenters. The molecule has 0 saturated heterocycles. The molecule has 0 saturated carbocycles. The fraction of sp³-hybridized carbons (Fsp3) is 0.600. The zero-order chi connectivity index (χ0) is 14.0. The van der Waals surface area contributed by atoms with E-state index in [2.05, 4.69) is 77.3 Å². The minimum absolute atomic E-state index is 0.414. The minimum Gasteiger partial charge on any atom is -0.413 e. The molecule has 0 radical (unpaired) electrons. The topological polar surface area (TPSA) is 9.23 Å². The highest BCUT2D eigenvalue weighted by molar-refractivity contribution is 6.88. The maximum absolute atomic E-state index is 6.65. The van der Waals surface area contributed by atoms with Crippen LogP contribution in [0.25, 0.3) is 0 Å².